The van der Waals surface area contributed by atoms with Gasteiger partial charge in [0, 0.05) is 62.5 Å². The minimum atomic E-state index is -1.02. The monoisotopic (exact) mass is 1110 g/mol. The number of benzene rings is 2. The number of hydrazine groups is 2. The number of aryl methyl sites for hydroxylation is 2. The summed E-state index contributed by atoms with van der Waals surface area (Å²) in [5.74, 6) is 5.78. The highest BCUT2D eigenvalue weighted by Crippen LogP contribution is 2.38. The number of carbonyl (C=O) groups is 5. The van der Waals surface area contributed by atoms with Crippen molar-refractivity contribution in [2.24, 2.45) is 16.7 Å². The van der Waals surface area contributed by atoms with Crippen LogP contribution in [0, 0.1) is 36.3 Å². The Morgan fingerprint density at radius 3 is 1.35 bits per heavy atom. The van der Waals surface area contributed by atoms with Crippen molar-refractivity contribution in [2.75, 3.05) is 36.8 Å². The second-order valence-electron chi connectivity index (χ2n) is 23.8. The number of ether oxygens (including phenoxy) is 1. The summed E-state index contributed by atoms with van der Waals surface area (Å²) in [5.41, 5.74) is 6.34. The van der Waals surface area contributed by atoms with Gasteiger partial charge in [0.25, 0.3) is 11.8 Å². The highest BCUT2D eigenvalue weighted by Gasteiger charge is 2.45. The van der Waals surface area contributed by atoms with Crippen LogP contribution in [0.15, 0.2) is 97.3 Å². The molecule has 81 heavy (non-hydrogen) atoms. The molecule has 0 radical (unpaired) electrons. The molecule has 2 aliphatic heterocycles. The summed E-state index contributed by atoms with van der Waals surface area (Å²) >= 11 is 0. The molecule has 432 valence electrons. The molecule has 8 rings (SSSR count). The second kappa shape index (κ2) is 24.6. The van der Waals surface area contributed by atoms with Crippen LogP contribution >= 0.6 is 0 Å². The lowest BCUT2D eigenvalue weighted by Gasteiger charge is -2.40. The number of aromatic nitrogens is 6. The molecule has 2 aromatic carbocycles. The number of likely N-dealkylation sites (tertiary alicyclic amines) is 2. The Kier molecular flexibility index (Phi) is 18.3. The molecule has 0 bridgehead atoms. The fourth-order valence-electron chi connectivity index (χ4n) is 10.0. The van der Waals surface area contributed by atoms with Gasteiger partial charge in [-0.3, -0.25) is 30.0 Å². The largest absolute Gasteiger partial charge is 0.443 e. The smallest absolute Gasteiger partial charge is 0.426 e. The molecule has 2 aliphatic rings. The van der Waals surface area contributed by atoms with Gasteiger partial charge in [0.05, 0.1) is 45.4 Å². The molecule has 6 heterocycles. The highest BCUT2D eigenvalue weighted by atomic mass is 19.1. The van der Waals surface area contributed by atoms with Crippen molar-refractivity contribution in [1.82, 2.24) is 55.6 Å². The van der Waals surface area contributed by atoms with Gasteiger partial charge in [-0.15, -0.1) is 0 Å². The second-order valence-corrected chi connectivity index (χ2v) is 23.8. The summed E-state index contributed by atoms with van der Waals surface area (Å²) in [7, 11) is 0. The summed E-state index contributed by atoms with van der Waals surface area (Å²) in [6, 6.07) is 24.4. The van der Waals surface area contributed by atoms with Crippen molar-refractivity contribution in [3.63, 3.8) is 0 Å². The third-order valence-corrected chi connectivity index (χ3v) is 14.4. The van der Waals surface area contributed by atoms with Crippen molar-refractivity contribution in [1.29, 1.82) is 0 Å². The van der Waals surface area contributed by atoms with E-state index in [1.165, 1.54) is 12.1 Å². The van der Waals surface area contributed by atoms with Gasteiger partial charge in [0.1, 0.15) is 40.5 Å². The first kappa shape index (κ1) is 60.4. The maximum absolute atomic E-state index is 14.7. The Morgan fingerprint density at radius 2 is 0.963 bits per heavy atom. The lowest BCUT2D eigenvalue weighted by Crippen LogP contribution is -2.55. The number of halogens is 2. The fourth-order valence-corrected chi connectivity index (χ4v) is 10.0. The van der Waals surface area contributed by atoms with Crippen molar-refractivity contribution in [3.05, 3.63) is 143 Å². The maximum Gasteiger partial charge on any atom is 0.426 e. The first-order valence-corrected chi connectivity index (χ1v) is 27.1. The molecule has 2 saturated heterocycles. The van der Waals surface area contributed by atoms with E-state index in [0.717, 1.165) is 17.3 Å². The normalized spacial score (nSPS) is 15.1. The van der Waals surface area contributed by atoms with Gasteiger partial charge in [-0.25, -0.2) is 44.2 Å². The molecule has 0 unspecified atom stereocenters. The summed E-state index contributed by atoms with van der Waals surface area (Å²) in [5, 5.41) is 15.5. The average Bonchev–Trinajstić information content (AvgIpc) is 4.11. The molecule has 22 heteroatoms. The number of hydrogen-bond acceptors (Lipinski definition) is 13. The van der Waals surface area contributed by atoms with Crippen LogP contribution in [0.4, 0.5) is 36.8 Å². The molecule has 0 saturated carbocycles. The van der Waals surface area contributed by atoms with E-state index in [0.29, 0.717) is 60.8 Å². The van der Waals surface area contributed by atoms with E-state index < -0.39 is 46.0 Å². The minimum Gasteiger partial charge on any atom is -0.443 e. The first-order chi connectivity index (χ1) is 38.1. The topological polar surface area (TPSA) is 249 Å². The highest BCUT2D eigenvalue weighted by molar-refractivity contribution is 5.96. The van der Waals surface area contributed by atoms with Crippen molar-refractivity contribution in [2.45, 2.75) is 131 Å². The van der Waals surface area contributed by atoms with Crippen molar-refractivity contribution >= 4 is 53.0 Å². The molecule has 0 atom stereocenters. The summed E-state index contributed by atoms with van der Waals surface area (Å²) < 4.78 is 38.3. The van der Waals surface area contributed by atoms with Crippen LogP contribution in [0.25, 0.3) is 0 Å². The average molecular weight is 1120 g/mol. The quantitative estimate of drug-likeness (QED) is 0.0381. The van der Waals surface area contributed by atoms with Crippen LogP contribution in [0.2, 0.25) is 0 Å². The van der Waals surface area contributed by atoms with Gasteiger partial charge in [-0.05, 0) is 149 Å². The number of pyridine rings is 2. The molecule has 20 nitrogen and oxygen atoms in total. The SMILES string of the molecule is Cc1cccc(C(=O)N2CCC(Cc3cccc(Nc4ccnn4C(C)(C)C)n3)(C(=O)NN)CC2)c1F.Cc1cccc(C(=O)N2CCC(Cc3cccc(Nc4ccnn4C(C)(C)C)n3)(C(=O)NNC(=O)OC(C)(C)C)CC2)c1F. The first-order valence-electron chi connectivity index (χ1n) is 27.1. The number of rotatable bonds is 12. The van der Waals surface area contributed by atoms with Crippen LogP contribution in [0.5, 0.6) is 0 Å². The number of nitrogens with two attached hydrogens (primary N) is 1. The van der Waals surface area contributed by atoms with Crippen LogP contribution in [-0.2, 0) is 38.2 Å². The van der Waals surface area contributed by atoms with Crippen LogP contribution in [0.1, 0.15) is 131 Å². The molecule has 4 aromatic heterocycles. The summed E-state index contributed by atoms with van der Waals surface area (Å²) in [4.78, 5) is 77.9. The number of anilines is 4. The van der Waals surface area contributed by atoms with Crippen LogP contribution in [0.3, 0.4) is 0 Å². The zero-order chi connectivity index (χ0) is 59.1. The van der Waals surface area contributed by atoms with Crippen LogP contribution < -0.4 is 32.8 Å². The minimum absolute atomic E-state index is 0.00323. The van der Waals surface area contributed by atoms with Gasteiger partial charge in [0.2, 0.25) is 11.8 Å². The molecule has 6 aromatic rings. The number of piperidine rings is 2. The van der Waals surface area contributed by atoms with Gasteiger partial charge in [0.15, 0.2) is 0 Å². The molecule has 2 fully saturated rings. The Hall–Kier alpha value is -8.27. The zero-order valence-electron chi connectivity index (χ0n) is 48.2. The van der Waals surface area contributed by atoms with Gasteiger partial charge < -0.3 is 25.2 Å². The third kappa shape index (κ3) is 14.8. The van der Waals surface area contributed by atoms with E-state index in [9.17, 15) is 32.8 Å². The predicted molar refractivity (Wildman–Crippen MR) is 304 cm³/mol. The molecule has 0 aliphatic carbocycles. The molecule has 0 spiro atoms. The number of hydrogen-bond donors (Lipinski definition) is 6. The molecule has 7 N–H and O–H groups in total. The summed E-state index contributed by atoms with van der Waals surface area (Å²) in [6.07, 6.45) is 4.55. The summed E-state index contributed by atoms with van der Waals surface area (Å²) in [6.45, 7) is 21.8. The van der Waals surface area contributed by atoms with Gasteiger partial charge >= 0.3 is 6.09 Å². The molecular weight excluding hydrogens is 1040 g/mol. The number of nitrogens with zero attached hydrogens (tertiary/aromatic N) is 8. The lowest BCUT2D eigenvalue weighted by molar-refractivity contribution is -0.135. The Balaban J connectivity index is 0.000000237. The van der Waals surface area contributed by atoms with E-state index in [1.54, 1.807) is 81.1 Å². The fraction of sp³-hybridized carbons (Fsp3) is 0.441. The molecule has 5 amide bonds. The Bertz CT molecular complexity index is 3230. The van der Waals surface area contributed by atoms with E-state index in [4.69, 9.17) is 20.5 Å². The Morgan fingerprint density at radius 1 is 0.568 bits per heavy atom. The van der Waals surface area contributed by atoms with Gasteiger partial charge in [-0.2, -0.15) is 10.2 Å². The van der Waals surface area contributed by atoms with E-state index >= 15 is 0 Å². The Labute approximate surface area is 471 Å². The number of carbonyl (C=O) groups excluding carboxylic acids is 5. The molecular formula is C59H76F2N14O6. The van der Waals surface area contributed by atoms with E-state index in [-0.39, 0.29) is 66.4 Å². The number of amides is 5. The third-order valence-electron chi connectivity index (χ3n) is 14.4. The van der Waals surface area contributed by atoms with E-state index in [1.807, 2.05) is 78.7 Å². The predicted octanol–water partition coefficient (Wildman–Crippen LogP) is 8.92. The standard InChI is InChI=1S/C32H42FN7O4.C27H34FN7O2/c1-21-10-8-12-23(26(21)33)27(41)39-18-15-32(16-19-39,28(42)37-38-29(43)44-31(5,6)7)20-22-11-9-13-24(35-22)36-25-14-17-34-40(25)30(2,3)4;1-18-7-5-9-20(23(18)28)24(36)34-15-12-27(13-16-34,25(37)33-29)17-19-8-6-10-21(31-19)32-22-11-14-30-35(22)26(2,3)4/h8-14,17H,15-16,18-20H2,1-7H3,(H,35,36)(H,37,42)(H,38,43);5-11,14H,12-13,15-17,29H2,1-4H3,(H,31,32)(H,33,37). The lowest BCUT2D eigenvalue weighted by atomic mass is 9.73. The van der Waals surface area contributed by atoms with Crippen molar-refractivity contribution in [3.8, 4) is 0 Å². The van der Waals surface area contributed by atoms with E-state index in [2.05, 4.69) is 57.9 Å². The van der Waals surface area contributed by atoms with Crippen LogP contribution in [-0.4, -0.2) is 101 Å². The van der Waals surface area contributed by atoms with Crippen molar-refractivity contribution < 1.29 is 37.5 Å². The van der Waals surface area contributed by atoms with Gasteiger partial charge in [-0.1, -0.05) is 36.4 Å². The maximum atomic E-state index is 14.7. The number of nitrogens with one attached hydrogen (secondary N) is 5. The zero-order valence-corrected chi connectivity index (χ0v) is 48.2.